The molecule has 1 fully saturated rings. The number of hydrogen-bond donors (Lipinski definition) is 1. The summed E-state index contributed by atoms with van der Waals surface area (Å²) in [6, 6.07) is 8.63. The summed E-state index contributed by atoms with van der Waals surface area (Å²) in [7, 11) is 3.12. The number of carbonyl (C=O) groups excluding carboxylic acids is 1. The van der Waals surface area contributed by atoms with Gasteiger partial charge in [0.05, 0.1) is 25.3 Å². The number of Topliss-reactive ketones (excluding diaryl/α,β-unsaturated/α-hetero) is 1. The molecule has 0 unspecified atom stereocenters. The number of aromatic hydroxyl groups is 1. The number of fused-ring (bicyclic) bond motifs is 1. The highest BCUT2D eigenvalue weighted by molar-refractivity contribution is 6.15. The van der Waals surface area contributed by atoms with Gasteiger partial charge in [0, 0.05) is 12.1 Å². The number of likely N-dealkylation sites (tertiary alicyclic amines) is 1. The molecular weight excluding hydrogens is 358 g/mol. The van der Waals surface area contributed by atoms with Crippen LogP contribution in [0.4, 0.5) is 0 Å². The zero-order chi connectivity index (χ0) is 19.7. The van der Waals surface area contributed by atoms with Crippen molar-refractivity contribution in [3.05, 3.63) is 52.8 Å². The fourth-order valence-corrected chi connectivity index (χ4v) is 3.78. The van der Waals surface area contributed by atoms with Crippen LogP contribution in [0.1, 0.15) is 34.3 Å². The first-order valence-electron chi connectivity index (χ1n) is 9.35. The molecule has 146 valence electrons. The Bertz CT molecular complexity index is 944. The normalized spacial score (nSPS) is 17.6. The van der Waals surface area contributed by atoms with Gasteiger partial charge in [0.15, 0.2) is 17.3 Å². The molecule has 1 N–H and O–H groups in total. The van der Waals surface area contributed by atoms with Gasteiger partial charge in [0.2, 0.25) is 5.78 Å². The summed E-state index contributed by atoms with van der Waals surface area (Å²) >= 11 is 0. The minimum absolute atomic E-state index is 0.152. The monoisotopic (exact) mass is 381 g/mol. The number of ether oxygens (including phenoxy) is 3. The summed E-state index contributed by atoms with van der Waals surface area (Å²) in [5, 5.41) is 10.4. The van der Waals surface area contributed by atoms with E-state index >= 15 is 0 Å². The molecule has 0 bridgehead atoms. The third-order valence-electron chi connectivity index (χ3n) is 5.22. The van der Waals surface area contributed by atoms with Crippen molar-refractivity contribution in [2.45, 2.75) is 19.4 Å². The molecule has 0 aliphatic carbocycles. The SMILES string of the molecule is COc1cccc(C=C2Oc3c(ccc(O)c3CN3CCCC3)C2=O)c1OC. The van der Waals surface area contributed by atoms with Gasteiger partial charge >= 0.3 is 0 Å². The number of benzene rings is 2. The Kier molecular flexibility index (Phi) is 4.96. The summed E-state index contributed by atoms with van der Waals surface area (Å²) in [4.78, 5) is 15.2. The van der Waals surface area contributed by atoms with Crippen LogP contribution in [0.2, 0.25) is 0 Å². The van der Waals surface area contributed by atoms with E-state index in [0.717, 1.165) is 25.9 Å². The second-order valence-electron chi connectivity index (χ2n) is 6.95. The molecule has 0 spiro atoms. The van der Waals surface area contributed by atoms with E-state index in [-0.39, 0.29) is 17.3 Å². The van der Waals surface area contributed by atoms with E-state index in [1.807, 2.05) is 12.1 Å². The number of allylic oxidation sites excluding steroid dienone is 1. The number of methoxy groups -OCH3 is 2. The van der Waals surface area contributed by atoms with Gasteiger partial charge < -0.3 is 19.3 Å². The number of ketones is 1. The Morgan fingerprint density at radius 2 is 1.93 bits per heavy atom. The molecule has 6 heteroatoms. The first-order chi connectivity index (χ1) is 13.6. The Hall–Kier alpha value is -2.99. The number of carbonyl (C=O) groups is 1. The average Bonchev–Trinajstić information content (AvgIpc) is 3.32. The van der Waals surface area contributed by atoms with Gasteiger partial charge in [-0.1, -0.05) is 12.1 Å². The minimum atomic E-state index is -0.206. The van der Waals surface area contributed by atoms with Gasteiger partial charge in [-0.15, -0.1) is 0 Å². The van der Waals surface area contributed by atoms with Crippen LogP contribution in [0.25, 0.3) is 6.08 Å². The van der Waals surface area contributed by atoms with E-state index in [1.165, 1.54) is 0 Å². The molecule has 1 saturated heterocycles. The first-order valence-corrected chi connectivity index (χ1v) is 9.35. The molecule has 2 aromatic carbocycles. The largest absolute Gasteiger partial charge is 0.507 e. The third-order valence-corrected chi connectivity index (χ3v) is 5.22. The molecule has 0 saturated carbocycles. The summed E-state index contributed by atoms with van der Waals surface area (Å²) in [5.74, 6) is 1.71. The number of phenolic OH excluding ortho intramolecular Hbond substituents is 1. The molecule has 2 heterocycles. The number of nitrogens with zero attached hydrogens (tertiary/aromatic N) is 1. The van der Waals surface area contributed by atoms with E-state index < -0.39 is 0 Å². The van der Waals surface area contributed by atoms with E-state index in [4.69, 9.17) is 14.2 Å². The Balaban J connectivity index is 1.70. The predicted octanol–water partition coefficient (Wildman–Crippen LogP) is 3.62. The molecule has 2 aliphatic rings. The van der Waals surface area contributed by atoms with Crippen molar-refractivity contribution in [1.82, 2.24) is 4.90 Å². The molecule has 0 aromatic heterocycles. The van der Waals surface area contributed by atoms with Gasteiger partial charge in [-0.3, -0.25) is 9.69 Å². The molecule has 0 radical (unpaired) electrons. The summed E-state index contributed by atoms with van der Waals surface area (Å²) < 4.78 is 16.7. The Morgan fingerprint density at radius 3 is 2.64 bits per heavy atom. The summed E-state index contributed by atoms with van der Waals surface area (Å²) in [5.41, 5.74) is 1.82. The first kappa shape index (κ1) is 18.4. The predicted molar refractivity (Wildman–Crippen MR) is 105 cm³/mol. The van der Waals surface area contributed by atoms with Gasteiger partial charge in [-0.25, -0.2) is 0 Å². The maximum Gasteiger partial charge on any atom is 0.231 e. The van der Waals surface area contributed by atoms with Crippen molar-refractivity contribution in [1.29, 1.82) is 0 Å². The van der Waals surface area contributed by atoms with E-state index in [9.17, 15) is 9.90 Å². The molecule has 0 atom stereocenters. The fraction of sp³-hybridized carbons (Fsp3) is 0.318. The highest BCUT2D eigenvalue weighted by Crippen LogP contribution is 2.41. The maximum absolute atomic E-state index is 12.9. The Morgan fingerprint density at radius 1 is 1.14 bits per heavy atom. The lowest BCUT2D eigenvalue weighted by Gasteiger charge is -2.17. The van der Waals surface area contributed by atoms with Gasteiger partial charge in [0.25, 0.3) is 0 Å². The van der Waals surface area contributed by atoms with Crippen LogP contribution in [0.15, 0.2) is 36.1 Å². The molecule has 4 rings (SSSR count). The Labute approximate surface area is 163 Å². The van der Waals surface area contributed by atoms with Gasteiger partial charge in [-0.05, 0) is 50.2 Å². The number of phenols is 1. The molecule has 28 heavy (non-hydrogen) atoms. The van der Waals surface area contributed by atoms with Crippen LogP contribution in [-0.2, 0) is 6.54 Å². The molecule has 2 aromatic rings. The van der Waals surface area contributed by atoms with Gasteiger partial charge in [-0.2, -0.15) is 0 Å². The lowest BCUT2D eigenvalue weighted by atomic mass is 10.0. The zero-order valence-corrected chi connectivity index (χ0v) is 16.0. The van der Waals surface area contributed by atoms with Crippen molar-refractivity contribution in [3.8, 4) is 23.0 Å². The van der Waals surface area contributed by atoms with Crippen LogP contribution in [0.5, 0.6) is 23.0 Å². The van der Waals surface area contributed by atoms with Crippen LogP contribution in [0, 0.1) is 0 Å². The topological polar surface area (TPSA) is 68.2 Å². The second-order valence-corrected chi connectivity index (χ2v) is 6.95. The van der Waals surface area contributed by atoms with Crippen LogP contribution in [0.3, 0.4) is 0 Å². The van der Waals surface area contributed by atoms with Crippen molar-refractivity contribution in [2.24, 2.45) is 0 Å². The number of rotatable bonds is 5. The van der Waals surface area contributed by atoms with Crippen molar-refractivity contribution in [3.63, 3.8) is 0 Å². The third kappa shape index (κ3) is 3.20. The molecule has 6 nitrogen and oxygen atoms in total. The smallest absolute Gasteiger partial charge is 0.231 e. The lowest BCUT2D eigenvalue weighted by molar-refractivity contribution is 0.101. The standard InChI is InChI=1S/C22H23NO5/c1-26-18-7-5-6-14(21(18)27-2)12-19-20(25)15-8-9-17(24)16(22(15)28-19)13-23-10-3-4-11-23/h5-9,12,24H,3-4,10-11,13H2,1-2H3. The quantitative estimate of drug-likeness (QED) is 0.798. The number of hydrogen-bond acceptors (Lipinski definition) is 6. The average molecular weight is 381 g/mol. The van der Waals surface area contributed by atoms with Crippen molar-refractivity contribution < 1.29 is 24.1 Å². The van der Waals surface area contributed by atoms with Crippen molar-refractivity contribution in [2.75, 3.05) is 27.3 Å². The second kappa shape index (κ2) is 7.56. The lowest BCUT2D eigenvalue weighted by Crippen LogP contribution is -2.18. The van der Waals surface area contributed by atoms with Crippen LogP contribution in [-0.4, -0.2) is 43.1 Å². The maximum atomic E-state index is 12.9. The highest BCUT2D eigenvalue weighted by Gasteiger charge is 2.32. The summed E-state index contributed by atoms with van der Waals surface area (Å²) in [6.45, 7) is 2.54. The van der Waals surface area contributed by atoms with Gasteiger partial charge in [0.1, 0.15) is 11.5 Å². The number of para-hydroxylation sites is 1. The van der Waals surface area contributed by atoms with E-state index in [1.54, 1.807) is 38.5 Å². The highest BCUT2D eigenvalue weighted by atomic mass is 16.5. The van der Waals surface area contributed by atoms with Crippen molar-refractivity contribution >= 4 is 11.9 Å². The molecular formula is C22H23NO5. The minimum Gasteiger partial charge on any atom is -0.507 e. The van der Waals surface area contributed by atoms with Crippen LogP contribution < -0.4 is 14.2 Å². The zero-order valence-electron chi connectivity index (χ0n) is 16.0. The molecule has 0 amide bonds. The fourth-order valence-electron chi connectivity index (χ4n) is 3.78. The van der Waals surface area contributed by atoms with E-state index in [2.05, 4.69) is 4.90 Å². The van der Waals surface area contributed by atoms with E-state index in [0.29, 0.717) is 40.5 Å². The molecule has 2 aliphatic heterocycles. The van der Waals surface area contributed by atoms with Crippen LogP contribution >= 0.6 is 0 Å². The summed E-state index contributed by atoms with van der Waals surface area (Å²) in [6.07, 6.45) is 3.95.